The molecule has 1 aromatic rings. The van der Waals surface area contributed by atoms with Crippen molar-refractivity contribution in [2.45, 2.75) is 96.7 Å². The molecule has 0 bridgehead atoms. The normalized spacial score (nSPS) is 22.2. The van der Waals surface area contributed by atoms with Crippen LogP contribution in [-0.4, -0.2) is 37.4 Å². The van der Waals surface area contributed by atoms with E-state index >= 15 is 0 Å². The van der Waals surface area contributed by atoms with Crippen molar-refractivity contribution >= 4 is 36.1 Å². The average molecular weight is 538 g/mol. The predicted octanol–water partition coefficient (Wildman–Crippen LogP) is 6.59. The highest BCUT2D eigenvalue weighted by molar-refractivity contribution is 9.10. The molecule has 6 nitrogen and oxygen atoms in total. The van der Waals surface area contributed by atoms with Crippen LogP contribution in [0.4, 0.5) is 4.79 Å². The maximum atomic E-state index is 13.8. The molecule has 1 aromatic carbocycles. The summed E-state index contributed by atoms with van der Waals surface area (Å²) in [7, 11) is -2.03. The summed E-state index contributed by atoms with van der Waals surface area (Å²) in [6, 6.07) is 7.20. The minimum atomic E-state index is -2.03. The van der Waals surface area contributed by atoms with Crippen molar-refractivity contribution in [1.82, 2.24) is 5.32 Å². The SMILES string of the molecule is C[C@@H](CC1CCC(O[Si](C)(C)C)(C(=O)c2cc(C#N)ccc2Br)CC1)NC(=O)OC(C)(C)C. The maximum Gasteiger partial charge on any atom is 0.407 e. The Morgan fingerprint density at radius 3 is 2.39 bits per heavy atom. The van der Waals surface area contributed by atoms with Gasteiger partial charge in [0.2, 0.25) is 0 Å². The van der Waals surface area contributed by atoms with Crippen molar-refractivity contribution < 1.29 is 18.8 Å². The van der Waals surface area contributed by atoms with E-state index in [1.54, 1.807) is 18.2 Å². The summed E-state index contributed by atoms with van der Waals surface area (Å²) in [5.41, 5.74) is -0.439. The number of ether oxygens (including phenoxy) is 1. The molecule has 1 N–H and O–H groups in total. The van der Waals surface area contributed by atoms with Gasteiger partial charge in [-0.25, -0.2) is 4.79 Å². The molecule has 1 atom stereocenters. The van der Waals surface area contributed by atoms with Gasteiger partial charge < -0.3 is 14.5 Å². The molecule has 8 heteroatoms. The van der Waals surface area contributed by atoms with Gasteiger partial charge in [0, 0.05) is 16.1 Å². The smallest absolute Gasteiger partial charge is 0.407 e. The number of rotatable bonds is 7. The van der Waals surface area contributed by atoms with Crippen LogP contribution in [0, 0.1) is 17.2 Å². The van der Waals surface area contributed by atoms with Crippen LogP contribution in [0.1, 0.15) is 75.7 Å². The number of hydrogen-bond donors (Lipinski definition) is 1. The van der Waals surface area contributed by atoms with Crippen LogP contribution in [0.15, 0.2) is 22.7 Å². The molecule has 1 saturated carbocycles. The molecule has 33 heavy (non-hydrogen) atoms. The molecular weight excluding hydrogens is 500 g/mol. The number of Topliss-reactive ketones (excluding diaryl/α,β-unsaturated/α-hetero) is 1. The van der Waals surface area contributed by atoms with E-state index in [4.69, 9.17) is 9.16 Å². The van der Waals surface area contributed by atoms with Gasteiger partial charge in [-0.3, -0.25) is 4.79 Å². The van der Waals surface area contributed by atoms with Crippen LogP contribution in [-0.2, 0) is 9.16 Å². The quantitative estimate of drug-likeness (QED) is 0.313. The molecule has 0 aliphatic heterocycles. The second kappa shape index (κ2) is 10.7. The predicted molar refractivity (Wildman–Crippen MR) is 136 cm³/mol. The third-order valence-corrected chi connectivity index (χ3v) is 7.31. The van der Waals surface area contributed by atoms with Crippen LogP contribution in [0.25, 0.3) is 0 Å². The molecule has 0 heterocycles. The number of nitrogens with zero attached hydrogens (tertiary/aromatic N) is 1. The lowest BCUT2D eigenvalue weighted by molar-refractivity contribution is 0.0121. The molecule has 0 unspecified atom stereocenters. The van der Waals surface area contributed by atoms with E-state index < -0.39 is 25.6 Å². The Labute approximate surface area is 207 Å². The third kappa shape index (κ3) is 8.23. The van der Waals surface area contributed by atoms with Crippen molar-refractivity contribution in [3.8, 4) is 6.07 Å². The highest BCUT2D eigenvalue weighted by atomic mass is 79.9. The Kier molecular flexibility index (Phi) is 8.94. The number of halogens is 1. The standard InChI is InChI=1S/C25H37BrN2O4Si/c1-17(28-23(30)31-24(2,3)4)14-18-10-12-25(13-11-18,32-33(5,6)7)22(29)20-15-19(16-27)8-9-21(20)26/h8-9,15,17-18H,10-14H2,1-7H3,(H,28,30)/t17-,18?,25?/m0/s1. The van der Waals surface area contributed by atoms with Crippen LogP contribution < -0.4 is 5.32 Å². The van der Waals surface area contributed by atoms with E-state index in [9.17, 15) is 14.9 Å². The van der Waals surface area contributed by atoms with E-state index in [0.717, 1.165) is 19.3 Å². The van der Waals surface area contributed by atoms with Gasteiger partial charge in [-0.15, -0.1) is 0 Å². The van der Waals surface area contributed by atoms with Gasteiger partial charge in [0.05, 0.1) is 11.6 Å². The lowest BCUT2D eigenvalue weighted by Gasteiger charge is -2.43. The number of nitriles is 1. The van der Waals surface area contributed by atoms with Crippen molar-refractivity contribution in [2.24, 2.45) is 5.92 Å². The van der Waals surface area contributed by atoms with Gasteiger partial charge in [0.1, 0.15) is 11.2 Å². The van der Waals surface area contributed by atoms with Gasteiger partial charge in [-0.2, -0.15) is 5.26 Å². The second-order valence-electron chi connectivity index (χ2n) is 11.1. The molecule has 0 saturated heterocycles. The minimum Gasteiger partial charge on any atom is -0.444 e. The highest BCUT2D eigenvalue weighted by Crippen LogP contribution is 2.41. The Bertz CT molecular complexity index is 906. The third-order valence-electron chi connectivity index (χ3n) is 5.62. The summed E-state index contributed by atoms with van der Waals surface area (Å²) >= 11 is 3.49. The maximum absolute atomic E-state index is 13.8. The first-order chi connectivity index (χ1) is 15.1. The van der Waals surface area contributed by atoms with Crippen molar-refractivity contribution in [2.75, 3.05) is 0 Å². The summed E-state index contributed by atoms with van der Waals surface area (Å²) in [6.45, 7) is 13.8. The fraction of sp³-hybridized carbons (Fsp3) is 0.640. The minimum absolute atomic E-state index is 0.0209. The topological polar surface area (TPSA) is 88.4 Å². The average Bonchev–Trinajstić information content (AvgIpc) is 2.66. The number of amides is 1. The molecule has 0 aromatic heterocycles. The van der Waals surface area contributed by atoms with Gasteiger partial charge in [-0.1, -0.05) is 15.9 Å². The van der Waals surface area contributed by atoms with E-state index in [1.807, 2.05) is 27.7 Å². The monoisotopic (exact) mass is 536 g/mol. The van der Waals surface area contributed by atoms with E-state index in [1.165, 1.54) is 0 Å². The Balaban J connectivity index is 2.13. The van der Waals surface area contributed by atoms with Crippen molar-refractivity contribution in [1.29, 1.82) is 5.26 Å². The molecule has 1 aliphatic rings. The number of alkyl carbamates (subject to hydrolysis) is 1. The second-order valence-corrected chi connectivity index (χ2v) is 16.4. The molecule has 0 radical (unpaired) electrons. The number of benzene rings is 1. The molecule has 0 spiro atoms. The number of ketones is 1. The Hall–Kier alpha value is -1.69. The van der Waals surface area contributed by atoms with Crippen LogP contribution in [0.2, 0.25) is 19.6 Å². The first-order valence-corrected chi connectivity index (χ1v) is 15.8. The Morgan fingerprint density at radius 2 is 1.88 bits per heavy atom. The van der Waals surface area contributed by atoms with E-state index in [-0.39, 0.29) is 11.8 Å². The van der Waals surface area contributed by atoms with Crippen LogP contribution in [0.5, 0.6) is 0 Å². The van der Waals surface area contributed by atoms with Crippen LogP contribution >= 0.6 is 15.9 Å². The van der Waals surface area contributed by atoms with Crippen molar-refractivity contribution in [3.05, 3.63) is 33.8 Å². The zero-order valence-electron chi connectivity index (χ0n) is 20.9. The number of hydrogen-bond acceptors (Lipinski definition) is 5. The largest absolute Gasteiger partial charge is 0.444 e. The van der Waals surface area contributed by atoms with E-state index in [0.29, 0.717) is 34.4 Å². The van der Waals surface area contributed by atoms with Gasteiger partial charge in [-0.05, 0) is 104 Å². The van der Waals surface area contributed by atoms with Gasteiger partial charge in [0.25, 0.3) is 0 Å². The lowest BCUT2D eigenvalue weighted by atomic mass is 9.73. The summed E-state index contributed by atoms with van der Waals surface area (Å²) < 4.78 is 12.6. The summed E-state index contributed by atoms with van der Waals surface area (Å²) in [5, 5.41) is 12.2. The highest BCUT2D eigenvalue weighted by Gasteiger charge is 2.46. The van der Waals surface area contributed by atoms with E-state index in [2.05, 4.69) is 47.0 Å². The summed E-state index contributed by atoms with van der Waals surface area (Å²) in [6.07, 6.45) is 3.36. The Morgan fingerprint density at radius 1 is 1.27 bits per heavy atom. The fourth-order valence-electron chi connectivity index (χ4n) is 4.42. The zero-order valence-corrected chi connectivity index (χ0v) is 23.5. The fourth-order valence-corrected chi connectivity index (χ4v) is 6.32. The first-order valence-electron chi connectivity index (χ1n) is 11.6. The summed E-state index contributed by atoms with van der Waals surface area (Å²) in [4.78, 5) is 25.9. The van der Waals surface area contributed by atoms with Gasteiger partial charge >= 0.3 is 6.09 Å². The van der Waals surface area contributed by atoms with Crippen molar-refractivity contribution in [3.63, 3.8) is 0 Å². The molecule has 1 fully saturated rings. The molecule has 182 valence electrons. The zero-order chi connectivity index (χ0) is 25.0. The molecule has 2 rings (SSSR count). The number of carbonyl (C=O) groups excluding carboxylic acids is 2. The number of carbonyl (C=O) groups is 2. The summed E-state index contributed by atoms with van der Waals surface area (Å²) in [5.74, 6) is 0.335. The molecular formula is C25H37BrN2O4Si. The first kappa shape index (κ1) is 27.6. The molecule has 1 amide bonds. The van der Waals surface area contributed by atoms with Crippen LogP contribution in [0.3, 0.4) is 0 Å². The lowest BCUT2D eigenvalue weighted by Crippen LogP contribution is -2.51. The number of nitrogens with one attached hydrogen (secondary N) is 1. The van der Waals surface area contributed by atoms with Gasteiger partial charge in [0.15, 0.2) is 14.1 Å². The molecule has 1 aliphatic carbocycles.